The number of nitro groups is 1. The van der Waals surface area contributed by atoms with E-state index in [9.17, 15) is 14.9 Å². The highest BCUT2D eigenvalue weighted by Gasteiger charge is 2.26. The van der Waals surface area contributed by atoms with Crippen LogP contribution in [-0.2, 0) is 0 Å². The van der Waals surface area contributed by atoms with Gasteiger partial charge in [-0.25, -0.2) is 0 Å². The standard InChI is InChI=1S/C11H11N3O3/c15-11(9-4-2-1-3-5-9)13-7-6-12-10(13)8-14(16)17/h1-5,8,12H,6-7H2. The van der Waals surface area contributed by atoms with E-state index >= 15 is 0 Å². The first-order valence-electron chi connectivity index (χ1n) is 5.14. The Balaban J connectivity index is 2.23. The van der Waals surface area contributed by atoms with Crippen molar-refractivity contribution < 1.29 is 9.72 Å². The number of carbonyl (C=O) groups is 1. The molecule has 2 rings (SSSR count). The van der Waals surface area contributed by atoms with Crippen LogP contribution in [-0.4, -0.2) is 28.8 Å². The van der Waals surface area contributed by atoms with Crippen LogP contribution in [0.15, 0.2) is 42.4 Å². The summed E-state index contributed by atoms with van der Waals surface area (Å²) in [4.78, 5) is 23.3. The summed E-state index contributed by atoms with van der Waals surface area (Å²) in [6.45, 7) is 0.964. The van der Waals surface area contributed by atoms with Gasteiger partial charge in [0.2, 0.25) is 0 Å². The first-order chi connectivity index (χ1) is 8.18. The normalized spacial score (nSPS) is 16.9. The molecule has 0 unspecified atom stereocenters. The lowest BCUT2D eigenvalue weighted by molar-refractivity contribution is -0.404. The van der Waals surface area contributed by atoms with Crippen LogP contribution in [0.1, 0.15) is 10.4 Å². The average Bonchev–Trinajstić information content (AvgIpc) is 2.76. The molecule has 1 aliphatic rings. The van der Waals surface area contributed by atoms with Crippen molar-refractivity contribution >= 4 is 5.91 Å². The van der Waals surface area contributed by atoms with E-state index in [0.29, 0.717) is 18.7 Å². The first-order valence-corrected chi connectivity index (χ1v) is 5.14. The van der Waals surface area contributed by atoms with Gasteiger partial charge in [0.05, 0.1) is 4.92 Å². The minimum Gasteiger partial charge on any atom is -0.364 e. The second-order valence-electron chi connectivity index (χ2n) is 3.55. The van der Waals surface area contributed by atoms with Crippen LogP contribution in [0.2, 0.25) is 0 Å². The molecule has 0 radical (unpaired) electrons. The maximum Gasteiger partial charge on any atom is 0.274 e. The van der Waals surface area contributed by atoms with Gasteiger partial charge in [0, 0.05) is 18.7 Å². The zero-order valence-electron chi connectivity index (χ0n) is 9.00. The molecule has 0 bridgehead atoms. The van der Waals surface area contributed by atoms with Crippen molar-refractivity contribution in [2.75, 3.05) is 13.1 Å². The molecule has 0 aliphatic carbocycles. The van der Waals surface area contributed by atoms with Crippen LogP contribution in [0.5, 0.6) is 0 Å². The largest absolute Gasteiger partial charge is 0.364 e. The number of nitrogens with zero attached hydrogens (tertiary/aromatic N) is 2. The number of carbonyl (C=O) groups excluding carboxylic acids is 1. The van der Waals surface area contributed by atoms with Crippen LogP contribution in [0.25, 0.3) is 0 Å². The Hall–Kier alpha value is -2.37. The number of benzene rings is 1. The SMILES string of the molecule is O=C(c1ccccc1)N1CCNC1=C[N+](=O)[O-]. The molecule has 6 nitrogen and oxygen atoms in total. The van der Waals surface area contributed by atoms with Gasteiger partial charge in [0.1, 0.15) is 0 Å². The third-order valence-electron chi connectivity index (χ3n) is 2.43. The molecule has 1 saturated heterocycles. The second-order valence-corrected chi connectivity index (χ2v) is 3.55. The molecule has 17 heavy (non-hydrogen) atoms. The molecule has 88 valence electrons. The van der Waals surface area contributed by atoms with Gasteiger partial charge < -0.3 is 5.32 Å². The smallest absolute Gasteiger partial charge is 0.274 e. The van der Waals surface area contributed by atoms with Gasteiger partial charge in [-0.3, -0.25) is 19.8 Å². The van der Waals surface area contributed by atoms with Crippen molar-refractivity contribution in [3.63, 3.8) is 0 Å². The summed E-state index contributed by atoms with van der Waals surface area (Å²) in [6.07, 6.45) is 0.813. The zero-order chi connectivity index (χ0) is 12.3. The minimum atomic E-state index is -0.571. The topological polar surface area (TPSA) is 75.5 Å². The second kappa shape index (κ2) is 4.65. The average molecular weight is 233 g/mol. The summed E-state index contributed by atoms with van der Waals surface area (Å²) in [5.41, 5.74) is 0.519. The van der Waals surface area contributed by atoms with E-state index in [1.54, 1.807) is 24.3 Å². The number of hydrogen-bond donors (Lipinski definition) is 1. The summed E-state index contributed by atoms with van der Waals surface area (Å²) in [5, 5.41) is 13.2. The molecule has 1 N–H and O–H groups in total. The van der Waals surface area contributed by atoms with Crippen LogP contribution in [0.4, 0.5) is 0 Å². The van der Waals surface area contributed by atoms with E-state index in [-0.39, 0.29) is 11.7 Å². The number of hydrogen-bond acceptors (Lipinski definition) is 4. The zero-order valence-corrected chi connectivity index (χ0v) is 9.00. The van der Waals surface area contributed by atoms with E-state index in [1.165, 1.54) is 4.90 Å². The Morgan fingerprint density at radius 3 is 2.76 bits per heavy atom. The van der Waals surface area contributed by atoms with Gasteiger partial charge in [-0.2, -0.15) is 0 Å². The third-order valence-corrected chi connectivity index (χ3v) is 2.43. The molecule has 1 aromatic rings. The number of nitrogens with one attached hydrogen (secondary N) is 1. The van der Waals surface area contributed by atoms with Crippen molar-refractivity contribution in [2.45, 2.75) is 0 Å². The molecule has 1 aromatic carbocycles. The van der Waals surface area contributed by atoms with Gasteiger partial charge in [0.15, 0.2) is 5.82 Å². The molecule has 1 heterocycles. The van der Waals surface area contributed by atoms with Gasteiger partial charge >= 0.3 is 0 Å². The molecular formula is C11H11N3O3. The molecular weight excluding hydrogens is 222 g/mol. The molecule has 0 aromatic heterocycles. The van der Waals surface area contributed by atoms with Crippen molar-refractivity contribution in [2.24, 2.45) is 0 Å². The Morgan fingerprint density at radius 1 is 1.41 bits per heavy atom. The summed E-state index contributed by atoms with van der Waals surface area (Å²) in [5.74, 6) is 0.00699. The summed E-state index contributed by atoms with van der Waals surface area (Å²) in [7, 11) is 0. The molecule has 0 spiro atoms. The molecule has 0 atom stereocenters. The lowest BCUT2D eigenvalue weighted by atomic mass is 10.2. The Labute approximate surface area is 97.7 Å². The lowest BCUT2D eigenvalue weighted by Crippen LogP contribution is -2.28. The lowest BCUT2D eigenvalue weighted by Gasteiger charge is -2.14. The molecule has 0 saturated carbocycles. The van der Waals surface area contributed by atoms with E-state index in [4.69, 9.17) is 0 Å². The van der Waals surface area contributed by atoms with Crippen LogP contribution in [0.3, 0.4) is 0 Å². The fourth-order valence-corrected chi connectivity index (χ4v) is 1.67. The van der Waals surface area contributed by atoms with Crippen molar-refractivity contribution in [3.8, 4) is 0 Å². The predicted molar refractivity (Wildman–Crippen MR) is 60.6 cm³/mol. The van der Waals surface area contributed by atoms with Gasteiger partial charge in [-0.1, -0.05) is 18.2 Å². The van der Waals surface area contributed by atoms with Crippen molar-refractivity contribution in [1.82, 2.24) is 10.2 Å². The van der Waals surface area contributed by atoms with Crippen molar-refractivity contribution in [1.29, 1.82) is 0 Å². The summed E-state index contributed by atoms with van der Waals surface area (Å²) < 4.78 is 0. The van der Waals surface area contributed by atoms with E-state index < -0.39 is 4.92 Å². The van der Waals surface area contributed by atoms with E-state index in [2.05, 4.69) is 5.32 Å². The van der Waals surface area contributed by atoms with Gasteiger partial charge in [-0.05, 0) is 12.1 Å². The fourth-order valence-electron chi connectivity index (χ4n) is 1.67. The monoisotopic (exact) mass is 233 g/mol. The number of rotatable bonds is 2. The molecule has 1 amide bonds. The highest BCUT2D eigenvalue weighted by Crippen LogP contribution is 2.12. The quantitative estimate of drug-likeness (QED) is 0.605. The predicted octanol–water partition coefficient (Wildman–Crippen LogP) is 0.808. The maximum absolute atomic E-state index is 12.1. The van der Waals surface area contributed by atoms with Crippen LogP contribution in [0, 0.1) is 10.1 Å². The van der Waals surface area contributed by atoms with Crippen molar-refractivity contribution in [3.05, 3.63) is 58.0 Å². The Bertz CT molecular complexity index is 470. The third kappa shape index (κ3) is 2.41. The van der Waals surface area contributed by atoms with E-state index in [0.717, 1.165) is 6.20 Å². The molecule has 1 fully saturated rings. The molecule has 1 aliphatic heterocycles. The summed E-state index contributed by atoms with van der Waals surface area (Å²) in [6, 6.07) is 8.70. The van der Waals surface area contributed by atoms with Crippen LogP contribution >= 0.6 is 0 Å². The highest BCUT2D eigenvalue weighted by atomic mass is 16.6. The fraction of sp³-hybridized carbons (Fsp3) is 0.182. The maximum atomic E-state index is 12.1. The summed E-state index contributed by atoms with van der Waals surface area (Å²) >= 11 is 0. The minimum absolute atomic E-state index is 0.233. The van der Waals surface area contributed by atoms with Gasteiger partial charge in [-0.15, -0.1) is 0 Å². The first kappa shape index (κ1) is 11.1. The van der Waals surface area contributed by atoms with E-state index in [1.807, 2.05) is 6.07 Å². The molecule has 6 heteroatoms. The van der Waals surface area contributed by atoms with Gasteiger partial charge in [0.25, 0.3) is 12.1 Å². The Kier molecular flexibility index (Phi) is 3.04. The highest BCUT2D eigenvalue weighted by molar-refractivity contribution is 5.95. The van der Waals surface area contributed by atoms with Crippen LogP contribution < -0.4 is 5.32 Å². The Morgan fingerprint density at radius 2 is 2.12 bits per heavy atom. The number of amides is 1.